The lowest BCUT2D eigenvalue weighted by molar-refractivity contribution is 1.84. The van der Waals surface area contributed by atoms with Gasteiger partial charge in [0.05, 0.1) is 14.4 Å². The Balaban J connectivity index is 4.75. The maximum absolute atomic E-state index is 5.65. The zero-order valence-corrected chi connectivity index (χ0v) is 9.89. The summed E-state index contributed by atoms with van der Waals surface area (Å²) >= 11 is 28.8. The smallest absolute Gasteiger partial charge is 0.116 e. The molecule has 0 saturated heterocycles. The van der Waals surface area contributed by atoms with Gasteiger partial charge in [0.2, 0.25) is 0 Å². The van der Waals surface area contributed by atoms with Crippen LogP contribution in [0, 0.1) is 0 Å². The van der Waals surface area contributed by atoms with Crippen LogP contribution in [0.5, 0.6) is 0 Å². The van der Waals surface area contributed by atoms with Gasteiger partial charge >= 0.3 is 0 Å². The molecule has 0 unspecified atom stereocenters. The van der Waals surface area contributed by atoms with E-state index in [1.165, 1.54) is 11.8 Å². The molecule has 0 radical (unpaired) electrons. The molecule has 0 aromatic carbocycles. The first-order valence-electron chi connectivity index (χ1n) is 2.31. The summed E-state index contributed by atoms with van der Waals surface area (Å²) in [7, 11) is 0. The predicted molar refractivity (Wildman–Crippen MR) is 56.8 cm³/mol. The highest BCUT2D eigenvalue weighted by molar-refractivity contribution is 8.04. The highest BCUT2D eigenvalue weighted by Crippen LogP contribution is 2.34. The lowest BCUT2D eigenvalue weighted by Crippen LogP contribution is -1.75. The first-order valence-corrected chi connectivity index (χ1v) is 5.42. The van der Waals surface area contributed by atoms with Crippen LogP contribution in [0.1, 0.15) is 0 Å². The minimum Gasteiger partial charge on any atom is -0.116 e. The molecule has 0 amide bonds. The zero-order valence-electron chi connectivity index (χ0n) is 5.30. The third-order valence-electron chi connectivity index (χ3n) is 0.710. The van der Waals surface area contributed by atoms with Gasteiger partial charge in [-0.05, 0) is 6.26 Å². The van der Waals surface area contributed by atoms with Crippen LogP contribution in [0.3, 0.4) is 0 Å². The normalized spacial score (nSPS) is 12.5. The van der Waals surface area contributed by atoms with E-state index in [9.17, 15) is 0 Å². The molecule has 0 atom stereocenters. The molecule has 11 heavy (non-hydrogen) atoms. The van der Waals surface area contributed by atoms with Crippen molar-refractivity contribution in [1.82, 2.24) is 0 Å². The highest BCUT2D eigenvalue weighted by atomic mass is 35.5. The van der Waals surface area contributed by atoms with E-state index in [2.05, 4.69) is 0 Å². The average Bonchev–Trinajstić information content (AvgIpc) is 2.00. The maximum atomic E-state index is 5.65. The minimum atomic E-state index is -0.0936. The lowest BCUT2D eigenvalue weighted by atomic mass is 10.6. The van der Waals surface area contributed by atoms with Gasteiger partial charge in [0.15, 0.2) is 0 Å². The fourth-order valence-electron chi connectivity index (χ4n) is 0.259. The van der Waals surface area contributed by atoms with E-state index in [-0.39, 0.29) is 14.6 Å². The molecule has 0 saturated carbocycles. The Morgan fingerprint density at radius 2 is 1.36 bits per heavy atom. The van der Waals surface area contributed by atoms with Gasteiger partial charge in [-0.2, -0.15) is 0 Å². The summed E-state index contributed by atoms with van der Waals surface area (Å²) < 4.78 is 0.263. The summed E-state index contributed by atoms with van der Waals surface area (Å²) in [6.07, 6.45) is 1.76. The van der Waals surface area contributed by atoms with Gasteiger partial charge in [0, 0.05) is 0 Å². The third kappa shape index (κ3) is 4.16. The van der Waals surface area contributed by atoms with Crippen LogP contribution < -0.4 is 0 Å². The SMILES string of the molecule is CSC(Cl)=C(Cl)C(Cl)=C(Cl)Cl. The van der Waals surface area contributed by atoms with Crippen molar-refractivity contribution >= 4 is 69.8 Å². The first-order chi connectivity index (χ1) is 5.00. The van der Waals surface area contributed by atoms with Crippen molar-refractivity contribution in [3.8, 4) is 0 Å². The molecule has 0 N–H and O–H groups in total. The number of hydrogen-bond donors (Lipinski definition) is 0. The van der Waals surface area contributed by atoms with E-state index >= 15 is 0 Å². The second-order valence-electron chi connectivity index (χ2n) is 1.37. The molecule has 0 aromatic heterocycles. The second kappa shape index (κ2) is 5.85. The number of allylic oxidation sites excluding steroid dienone is 2. The summed E-state index contributed by atoms with van der Waals surface area (Å²) in [6, 6.07) is 0. The van der Waals surface area contributed by atoms with Crippen LogP contribution in [0.4, 0.5) is 0 Å². The molecule has 0 bridgehead atoms. The first kappa shape index (κ1) is 12.3. The molecule has 0 aliphatic carbocycles. The summed E-state index contributed by atoms with van der Waals surface area (Å²) in [5.41, 5.74) is 0. The van der Waals surface area contributed by atoms with Crippen molar-refractivity contribution in [1.29, 1.82) is 0 Å². The molecule has 64 valence electrons. The molecular weight excluding hydrogens is 269 g/mol. The van der Waals surface area contributed by atoms with Gasteiger partial charge in [-0.15, -0.1) is 11.8 Å². The molecule has 0 heterocycles. The fraction of sp³-hybridized carbons (Fsp3) is 0.200. The van der Waals surface area contributed by atoms with Crippen LogP contribution >= 0.6 is 69.8 Å². The monoisotopic (exact) mass is 270 g/mol. The lowest BCUT2D eigenvalue weighted by Gasteiger charge is -1.98. The Morgan fingerprint density at radius 3 is 1.64 bits per heavy atom. The fourth-order valence-corrected chi connectivity index (χ4v) is 1.45. The minimum absolute atomic E-state index is 0.0642. The molecule has 0 aliphatic rings. The third-order valence-corrected chi connectivity index (χ3v) is 3.56. The van der Waals surface area contributed by atoms with Gasteiger partial charge in [-0.3, -0.25) is 0 Å². The molecular formula is C5H3Cl5S. The van der Waals surface area contributed by atoms with Crippen molar-refractivity contribution < 1.29 is 0 Å². The molecule has 0 spiro atoms. The topological polar surface area (TPSA) is 0 Å². The largest absolute Gasteiger partial charge is 0.127 e. The number of thioether (sulfide) groups is 1. The number of hydrogen-bond acceptors (Lipinski definition) is 1. The highest BCUT2D eigenvalue weighted by Gasteiger charge is 2.08. The van der Waals surface area contributed by atoms with Gasteiger partial charge in [-0.1, -0.05) is 58.0 Å². The van der Waals surface area contributed by atoms with Crippen LogP contribution in [0.25, 0.3) is 0 Å². The van der Waals surface area contributed by atoms with Gasteiger partial charge < -0.3 is 0 Å². The molecule has 0 rings (SSSR count). The van der Waals surface area contributed by atoms with Crippen molar-refractivity contribution in [2.45, 2.75) is 0 Å². The summed E-state index contributed by atoms with van der Waals surface area (Å²) in [6.45, 7) is 0. The average molecular weight is 272 g/mol. The number of rotatable bonds is 2. The standard InChI is InChI=1S/C5H3Cl5S/c1-11-5(10)3(7)2(6)4(8)9/h1H3. The molecule has 0 aromatic rings. The van der Waals surface area contributed by atoms with E-state index in [0.29, 0.717) is 4.36 Å². The Kier molecular flexibility index (Phi) is 6.53. The molecule has 6 heteroatoms. The second-order valence-corrected chi connectivity index (χ2v) is 4.49. The van der Waals surface area contributed by atoms with Gasteiger partial charge in [0.1, 0.15) is 4.49 Å². The van der Waals surface area contributed by atoms with Crippen molar-refractivity contribution in [2.75, 3.05) is 6.26 Å². The van der Waals surface area contributed by atoms with E-state index in [1.807, 2.05) is 0 Å². The Bertz CT molecular complexity index is 203. The van der Waals surface area contributed by atoms with Crippen LogP contribution in [0.15, 0.2) is 18.9 Å². The van der Waals surface area contributed by atoms with E-state index < -0.39 is 0 Å². The summed E-state index contributed by atoms with van der Waals surface area (Å²) in [5.74, 6) is 0. The predicted octanol–water partition coefficient (Wildman–Crippen LogP) is 4.88. The summed E-state index contributed by atoms with van der Waals surface area (Å²) in [4.78, 5) is 0. The van der Waals surface area contributed by atoms with Gasteiger partial charge in [0.25, 0.3) is 0 Å². The van der Waals surface area contributed by atoms with Crippen LogP contribution in [-0.2, 0) is 0 Å². The van der Waals surface area contributed by atoms with Crippen molar-refractivity contribution in [3.63, 3.8) is 0 Å². The Morgan fingerprint density at radius 1 is 0.909 bits per heavy atom. The van der Waals surface area contributed by atoms with Crippen LogP contribution in [-0.4, -0.2) is 6.26 Å². The molecule has 0 fully saturated rings. The quantitative estimate of drug-likeness (QED) is 0.645. The van der Waals surface area contributed by atoms with Crippen molar-refractivity contribution in [3.05, 3.63) is 18.9 Å². The van der Waals surface area contributed by atoms with Crippen LogP contribution in [0.2, 0.25) is 0 Å². The molecule has 0 aliphatic heterocycles. The van der Waals surface area contributed by atoms with E-state index in [0.717, 1.165) is 0 Å². The summed E-state index contributed by atoms with van der Waals surface area (Å²) in [5, 5.41) is 0.232. The molecule has 0 nitrogen and oxygen atoms in total. The number of halogens is 5. The van der Waals surface area contributed by atoms with E-state index in [1.54, 1.807) is 6.26 Å². The van der Waals surface area contributed by atoms with Gasteiger partial charge in [-0.25, -0.2) is 0 Å². The van der Waals surface area contributed by atoms with Crippen molar-refractivity contribution in [2.24, 2.45) is 0 Å². The Labute approximate surface area is 94.5 Å². The zero-order chi connectivity index (χ0) is 9.02. The van der Waals surface area contributed by atoms with E-state index in [4.69, 9.17) is 58.0 Å². The maximum Gasteiger partial charge on any atom is 0.127 e. The Hall–Kier alpha value is 1.28.